The fourth-order valence-corrected chi connectivity index (χ4v) is 1.73. The fraction of sp³-hybridized carbons (Fsp3) is 0.200. The van der Waals surface area contributed by atoms with Crippen LogP contribution >= 0.6 is 34.2 Å². The lowest BCUT2D eigenvalue weighted by Gasteiger charge is -2.02. The minimum absolute atomic E-state index is 0.00363. The van der Waals surface area contributed by atoms with Crippen molar-refractivity contribution in [2.75, 3.05) is 5.88 Å². The minimum Gasteiger partial charge on any atom is -0.298 e. The Kier molecular flexibility index (Phi) is 4.36. The van der Waals surface area contributed by atoms with Crippen LogP contribution in [-0.2, 0) is 11.2 Å². The van der Waals surface area contributed by atoms with E-state index in [1.165, 1.54) is 0 Å². The van der Waals surface area contributed by atoms with E-state index in [2.05, 4.69) is 28.7 Å². The van der Waals surface area contributed by atoms with Crippen LogP contribution in [0.4, 0.5) is 0 Å². The number of halogens is 2. The molecule has 2 nitrogen and oxygen atoms in total. The lowest BCUT2D eigenvalue weighted by Crippen LogP contribution is -2.05. The SMILES string of the molecule is N#Cc1ccc(I)cc1CC(=O)CCl. The second-order valence-corrected chi connectivity index (χ2v) is 4.28. The summed E-state index contributed by atoms with van der Waals surface area (Å²) in [5.41, 5.74) is 1.30. The minimum atomic E-state index is -0.0647. The molecule has 72 valence electrons. The maximum Gasteiger partial charge on any atom is 0.151 e. The Hall–Kier alpha value is -0.600. The van der Waals surface area contributed by atoms with Crippen molar-refractivity contribution in [3.05, 3.63) is 32.9 Å². The van der Waals surface area contributed by atoms with E-state index < -0.39 is 0 Å². The Labute approximate surface area is 101 Å². The molecule has 0 unspecified atom stereocenters. The van der Waals surface area contributed by atoms with Crippen LogP contribution < -0.4 is 0 Å². The summed E-state index contributed by atoms with van der Waals surface area (Å²) >= 11 is 7.55. The summed E-state index contributed by atoms with van der Waals surface area (Å²) in [7, 11) is 0. The van der Waals surface area contributed by atoms with Crippen molar-refractivity contribution < 1.29 is 4.79 Å². The number of nitriles is 1. The summed E-state index contributed by atoms with van der Waals surface area (Å²) in [6.45, 7) is 0. The van der Waals surface area contributed by atoms with Gasteiger partial charge in [-0.15, -0.1) is 11.6 Å². The van der Waals surface area contributed by atoms with E-state index in [0.29, 0.717) is 5.56 Å². The molecule has 1 aromatic carbocycles. The molecule has 0 aliphatic rings. The summed E-state index contributed by atoms with van der Waals surface area (Å²) in [5, 5.41) is 8.80. The smallest absolute Gasteiger partial charge is 0.151 e. The Morgan fingerprint density at radius 2 is 2.29 bits per heavy atom. The van der Waals surface area contributed by atoms with Crippen LogP contribution in [0.15, 0.2) is 18.2 Å². The van der Waals surface area contributed by atoms with Crippen LogP contribution in [0, 0.1) is 14.9 Å². The third-order valence-electron chi connectivity index (χ3n) is 1.72. The lowest BCUT2D eigenvalue weighted by atomic mass is 10.0. The molecule has 1 aromatic rings. The number of alkyl halides is 1. The van der Waals surface area contributed by atoms with Crippen molar-refractivity contribution in [1.29, 1.82) is 5.26 Å². The van der Waals surface area contributed by atoms with Gasteiger partial charge in [0.25, 0.3) is 0 Å². The second kappa shape index (κ2) is 5.32. The molecule has 0 fully saturated rings. The van der Waals surface area contributed by atoms with Gasteiger partial charge in [-0.05, 0) is 46.4 Å². The number of hydrogen-bond acceptors (Lipinski definition) is 2. The Morgan fingerprint density at radius 3 is 2.86 bits per heavy atom. The van der Waals surface area contributed by atoms with E-state index in [-0.39, 0.29) is 18.1 Å². The molecule has 0 saturated heterocycles. The number of nitrogens with zero attached hydrogens (tertiary/aromatic N) is 1. The van der Waals surface area contributed by atoms with Gasteiger partial charge in [0.05, 0.1) is 17.5 Å². The number of rotatable bonds is 3. The van der Waals surface area contributed by atoms with Crippen molar-refractivity contribution in [1.82, 2.24) is 0 Å². The van der Waals surface area contributed by atoms with E-state index >= 15 is 0 Å². The van der Waals surface area contributed by atoms with Gasteiger partial charge < -0.3 is 0 Å². The van der Waals surface area contributed by atoms with Crippen molar-refractivity contribution >= 4 is 40.0 Å². The van der Waals surface area contributed by atoms with E-state index in [1.807, 2.05) is 12.1 Å². The molecule has 14 heavy (non-hydrogen) atoms. The van der Waals surface area contributed by atoms with Gasteiger partial charge in [-0.2, -0.15) is 5.26 Å². The average molecular weight is 320 g/mol. The summed E-state index contributed by atoms with van der Waals surface area (Å²) < 4.78 is 1.01. The van der Waals surface area contributed by atoms with Crippen LogP contribution in [0.5, 0.6) is 0 Å². The number of ketones is 1. The number of carbonyl (C=O) groups excluding carboxylic acids is 1. The van der Waals surface area contributed by atoms with Crippen molar-refractivity contribution in [2.45, 2.75) is 6.42 Å². The van der Waals surface area contributed by atoms with Crippen LogP contribution in [0.2, 0.25) is 0 Å². The topological polar surface area (TPSA) is 40.9 Å². The van der Waals surface area contributed by atoms with Gasteiger partial charge in [0, 0.05) is 9.99 Å². The molecular formula is C10H7ClINO. The zero-order valence-corrected chi connectivity index (χ0v) is 10.2. The highest BCUT2D eigenvalue weighted by atomic mass is 127. The van der Waals surface area contributed by atoms with Crippen LogP contribution in [0.1, 0.15) is 11.1 Å². The largest absolute Gasteiger partial charge is 0.298 e. The van der Waals surface area contributed by atoms with Gasteiger partial charge in [0.15, 0.2) is 5.78 Å². The second-order valence-electron chi connectivity index (χ2n) is 2.76. The van der Waals surface area contributed by atoms with Crippen molar-refractivity contribution in [3.63, 3.8) is 0 Å². The fourth-order valence-electron chi connectivity index (χ4n) is 1.08. The van der Waals surface area contributed by atoms with Gasteiger partial charge in [-0.3, -0.25) is 4.79 Å². The maximum absolute atomic E-state index is 11.1. The molecule has 0 radical (unpaired) electrons. The summed E-state index contributed by atoms with van der Waals surface area (Å²) in [6, 6.07) is 7.45. The molecule has 0 aliphatic carbocycles. The number of carbonyl (C=O) groups is 1. The van der Waals surface area contributed by atoms with Gasteiger partial charge in [0.1, 0.15) is 0 Å². The van der Waals surface area contributed by atoms with Crippen LogP contribution in [0.3, 0.4) is 0 Å². The molecule has 0 atom stereocenters. The molecule has 0 bridgehead atoms. The highest BCUT2D eigenvalue weighted by molar-refractivity contribution is 14.1. The standard InChI is InChI=1S/C10H7ClINO/c11-5-10(14)4-8-3-9(12)2-1-7(8)6-13/h1-3H,4-5H2. The maximum atomic E-state index is 11.1. The Morgan fingerprint density at radius 1 is 1.57 bits per heavy atom. The monoisotopic (exact) mass is 319 g/mol. The number of Topliss-reactive ketones (excluding diaryl/α,β-unsaturated/α-hetero) is 1. The predicted octanol–water partition coefficient (Wildman–Crippen LogP) is 2.51. The Bertz CT molecular complexity index is 398. The molecule has 0 spiro atoms. The molecule has 0 saturated carbocycles. The van der Waals surface area contributed by atoms with E-state index in [9.17, 15) is 4.79 Å². The third kappa shape index (κ3) is 2.96. The zero-order chi connectivity index (χ0) is 10.6. The molecule has 0 aliphatic heterocycles. The van der Waals surface area contributed by atoms with Gasteiger partial charge in [0.2, 0.25) is 0 Å². The first-order valence-electron chi connectivity index (χ1n) is 3.93. The Balaban J connectivity index is 3.00. The first-order chi connectivity index (χ1) is 6.67. The summed E-state index contributed by atoms with van der Waals surface area (Å²) in [5.74, 6) is -0.0683. The quantitative estimate of drug-likeness (QED) is 0.634. The average Bonchev–Trinajstić information content (AvgIpc) is 2.18. The number of benzene rings is 1. The number of hydrogen-bond donors (Lipinski definition) is 0. The zero-order valence-electron chi connectivity index (χ0n) is 7.26. The molecule has 1 rings (SSSR count). The predicted molar refractivity (Wildman–Crippen MR) is 63.3 cm³/mol. The molecule has 0 N–H and O–H groups in total. The van der Waals surface area contributed by atoms with Gasteiger partial charge in [-0.1, -0.05) is 0 Å². The van der Waals surface area contributed by atoms with Gasteiger partial charge in [-0.25, -0.2) is 0 Å². The van der Waals surface area contributed by atoms with E-state index in [4.69, 9.17) is 16.9 Å². The summed E-state index contributed by atoms with van der Waals surface area (Å²) in [6.07, 6.45) is 0.239. The molecule has 0 amide bonds. The first-order valence-corrected chi connectivity index (χ1v) is 5.55. The highest BCUT2D eigenvalue weighted by Gasteiger charge is 2.07. The molecular weight excluding hydrogens is 312 g/mol. The highest BCUT2D eigenvalue weighted by Crippen LogP contribution is 2.14. The van der Waals surface area contributed by atoms with Crippen molar-refractivity contribution in [2.24, 2.45) is 0 Å². The van der Waals surface area contributed by atoms with Crippen molar-refractivity contribution in [3.8, 4) is 6.07 Å². The normalized spacial score (nSPS) is 9.50. The van der Waals surface area contributed by atoms with Crippen LogP contribution in [0.25, 0.3) is 0 Å². The third-order valence-corrected chi connectivity index (χ3v) is 2.69. The van der Waals surface area contributed by atoms with Crippen LogP contribution in [-0.4, -0.2) is 11.7 Å². The lowest BCUT2D eigenvalue weighted by molar-refractivity contribution is -0.116. The molecule has 0 aromatic heterocycles. The molecule has 4 heteroatoms. The van der Waals surface area contributed by atoms with E-state index in [0.717, 1.165) is 9.13 Å². The first kappa shape index (κ1) is 11.5. The molecule has 0 heterocycles. The van der Waals surface area contributed by atoms with E-state index in [1.54, 1.807) is 6.07 Å². The van der Waals surface area contributed by atoms with Gasteiger partial charge >= 0.3 is 0 Å². The summed E-state index contributed by atoms with van der Waals surface area (Å²) in [4.78, 5) is 11.1.